The molecule has 2 aromatic carbocycles. The highest BCUT2D eigenvalue weighted by Gasteiger charge is 2.31. The van der Waals surface area contributed by atoms with E-state index in [1.807, 2.05) is 37.3 Å². The van der Waals surface area contributed by atoms with E-state index in [0.717, 1.165) is 11.1 Å². The minimum absolute atomic E-state index is 0.0777. The number of ether oxygens (including phenoxy) is 1. The van der Waals surface area contributed by atoms with Crippen molar-refractivity contribution < 1.29 is 13.9 Å². The van der Waals surface area contributed by atoms with E-state index in [2.05, 4.69) is 0 Å². The van der Waals surface area contributed by atoms with Crippen LogP contribution >= 0.6 is 0 Å². The van der Waals surface area contributed by atoms with Gasteiger partial charge in [0.05, 0.1) is 18.7 Å². The SMILES string of the molecule is C[C@@H]1CN(C(=O)[C@@H](N)Cc2ccccc2)C[C@@H](c2ccc(F)cc2)O1. The van der Waals surface area contributed by atoms with Crippen LogP contribution in [0.1, 0.15) is 24.2 Å². The van der Waals surface area contributed by atoms with Crippen molar-refractivity contribution in [3.8, 4) is 0 Å². The molecule has 5 heteroatoms. The number of carbonyl (C=O) groups is 1. The number of nitrogens with two attached hydrogens (primary N) is 1. The fourth-order valence-corrected chi connectivity index (χ4v) is 3.18. The molecule has 1 aliphatic heterocycles. The third-order valence-electron chi connectivity index (χ3n) is 4.43. The van der Waals surface area contributed by atoms with Crippen LogP contribution in [0.4, 0.5) is 4.39 Å². The van der Waals surface area contributed by atoms with Gasteiger partial charge < -0.3 is 15.4 Å². The molecule has 3 rings (SSSR count). The largest absolute Gasteiger partial charge is 0.367 e. The molecule has 0 unspecified atom stereocenters. The first kappa shape index (κ1) is 17.6. The Morgan fingerprint density at radius 3 is 2.56 bits per heavy atom. The number of hydrogen-bond acceptors (Lipinski definition) is 3. The second-order valence-corrected chi connectivity index (χ2v) is 6.53. The van der Waals surface area contributed by atoms with Crippen molar-refractivity contribution in [3.63, 3.8) is 0 Å². The van der Waals surface area contributed by atoms with Crippen LogP contribution in [0.15, 0.2) is 54.6 Å². The third-order valence-corrected chi connectivity index (χ3v) is 4.43. The van der Waals surface area contributed by atoms with Crippen molar-refractivity contribution in [1.82, 2.24) is 4.90 Å². The first-order valence-corrected chi connectivity index (χ1v) is 8.52. The summed E-state index contributed by atoms with van der Waals surface area (Å²) in [6.45, 7) is 2.87. The number of nitrogens with zero attached hydrogens (tertiary/aromatic N) is 1. The minimum Gasteiger partial charge on any atom is -0.367 e. The highest BCUT2D eigenvalue weighted by Crippen LogP contribution is 2.26. The molecule has 0 radical (unpaired) electrons. The number of halogens is 1. The minimum atomic E-state index is -0.582. The topological polar surface area (TPSA) is 55.6 Å². The first-order valence-electron chi connectivity index (χ1n) is 8.52. The maximum absolute atomic E-state index is 13.1. The van der Waals surface area contributed by atoms with E-state index >= 15 is 0 Å². The van der Waals surface area contributed by atoms with Crippen molar-refractivity contribution in [2.75, 3.05) is 13.1 Å². The van der Waals surface area contributed by atoms with Crippen LogP contribution in [0.3, 0.4) is 0 Å². The van der Waals surface area contributed by atoms with Gasteiger partial charge in [-0.3, -0.25) is 4.79 Å². The highest BCUT2D eigenvalue weighted by molar-refractivity contribution is 5.82. The molecule has 0 spiro atoms. The highest BCUT2D eigenvalue weighted by atomic mass is 19.1. The Kier molecular flexibility index (Phi) is 5.46. The molecule has 0 aromatic heterocycles. The van der Waals surface area contributed by atoms with Gasteiger partial charge in [-0.05, 0) is 36.6 Å². The molecule has 4 nitrogen and oxygen atoms in total. The molecule has 3 atom stereocenters. The van der Waals surface area contributed by atoms with Gasteiger partial charge in [0.15, 0.2) is 0 Å². The molecule has 1 amide bonds. The van der Waals surface area contributed by atoms with E-state index in [0.29, 0.717) is 19.5 Å². The number of benzene rings is 2. The Morgan fingerprint density at radius 2 is 1.88 bits per heavy atom. The molecule has 2 aromatic rings. The van der Waals surface area contributed by atoms with Gasteiger partial charge in [0.2, 0.25) is 5.91 Å². The zero-order valence-corrected chi connectivity index (χ0v) is 14.3. The average molecular weight is 342 g/mol. The molecule has 1 heterocycles. The fraction of sp³-hybridized carbons (Fsp3) is 0.350. The van der Waals surface area contributed by atoms with Crippen molar-refractivity contribution in [2.24, 2.45) is 5.73 Å². The Hall–Kier alpha value is -2.24. The summed E-state index contributed by atoms with van der Waals surface area (Å²) >= 11 is 0. The van der Waals surface area contributed by atoms with Gasteiger partial charge in [-0.15, -0.1) is 0 Å². The quantitative estimate of drug-likeness (QED) is 0.929. The normalized spacial score (nSPS) is 21.8. The zero-order chi connectivity index (χ0) is 17.8. The molecule has 0 aliphatic carbocycles. The monoisotopic (exact) mass is 342 g/mol. The van der Waals surface area contributed by atoms with Crippen LogP contribution < -0.4 is 5.73 Å². The van der Waals surface area contributed by atoms with E-state index in [1.54, 1.807) is 17.0 Å². The predicted molar refractivity (Wildman–Crippen MR) is 94.4 cm³/mol. The van der Waals surface area contributed by atoms with Gasteiger partial charge in [0.1, 0.15) is 11.9 Å². The second kappa shape index (κ2) is 7.76. The lowest BCUT2D eigenvalue weighted by Gasteiger charge is -2.38. The van der Waals surface area contributed by atoms with Crippen LogP contribution in [0.2, 0.25) is 0 Å². The fourth-order valence-electron chi connectivity index (χ4n) is 3.18. The zero-order valence-electron chi connectivity index (χ0n) is 14.3. The smallest absolute Gasteiger partial charge is 0.240 e. The molecule has 1 aliphatic rings. The summed E-state index contributed by atoms with van der Waals surface area (Å²) in [6.07, 6.45) is 0.140. The maximum Gasteiger partial charge on any atom is 0.240 e. The van der Waals surface area contributed by atoms with Gasteiger partial charge in [-0.1, -0.05) is 42.5 Å². The van der Waals surface area contributed by atoms with Crippen LogP contribution in [-0.4, -0.2) is 36.0 Å². The van der Waals surface area contributed by atoms with Crippen molar-refractivity contribution in [2.45, 2.75) is 31.6 Å². The standard InChI is InChI=1S/C20H23FN2O2/c1-14-12-23(13-19(25-14)16-7-9-17(21)10-8-16)20(24)18(22)11-15-5-3-2-4-6-15/h2-10,14,18-19H,11-13,22H2,1H3/t14-,18+,19+/m1/s1. The molecular formula is C20H23FN2O2. The van der Waals surface area contributed by atoms with Crippen LogP contribution in [0.25, 0.3) is 0 Å². The lowest BCUT2D eigenvalue weighted by Crippen LogP contribution is -2.52. The lowest BCUT2D eigenvalue weighted by atomic mass is 10.0. The van der Waals surface area contributed by atoms with Crippen LogP contribution in [0, 0.1) is 5.82 Å². The molecule has 25 heavy (non-hydrogen) atoms. The Balaban J connectivity index is 1.68. The van der Waals surface area contributed by atoms with E-state index < -0.39 is 6.04 Å². The number of amides is 1. The van der Waals surface area contributed by atoms with Gasteiger partial charge in [0.25, 0.3) is 0 Å². The Morgan fingerprint density at radius 1 is 1.20 bits per heavy atom. The third kappa shape index (κ3) is 4.44. The molecule has 0 bridgehead atoms. The number of morpholine rings is 1. The van der Waals surface area contributed by atoms with E-state index in [9.17, 15) is 9.18 Å². The van der Waals surface area contributed by atoms with Crippen LogP contribution in [-0.2, 0) is 16.0 Å². The number of carbonyl (C=O) groups excluding carboxylic acids is 1. The number of rotatable bonds is 4. The number of hydrogen-bond donors (Lipinski definition) is 1. The first-order chi connectivity index (χ1) is 12.0. The van der Waals surface area contributed by atoms with Crippen molar-refractivity contribution >= 4 is 5.91 Å². The maximum atomic E-state index is 13.1. The predicted octanol–water partition coefficient (Wildman–Crippen LogP) is 2.68. The Labute approximate surface area is 147 Å². The summed E-state index contributed by atoms with van der Waals surface area (Å²) in [7, 11) is 0. The summed E-state index contributed by atoms with van der Waals surface area (Å²) < 4.78 is 19.1. The molecular weight excluding hydrogens is 319 g/mol. The second-order valence-electron chi connectivity index (χ2n) is 6.53. The molecule has 132 valence electrons. The molecule has 0 saturated carbocycles. The Bertz CT molecular complexity index is 705. The van der Waals surface area contributed by atoms with Crippen LogP contribution in [0.5, 0.6) is 0 Å². The van der Waals surface area contributed by atoms with Gasteiger partial charge in [-0.2, -0.15) is 0 Å². The molecule has 1 fully saturated rings. The summed E-state index contributed by atoms with van der Waals surface area (Å²) in [5.41, 5.74) is 8.05. The van der Waals surface area contributed by atoms with E-state index in [1.165, 1.54) is 12.1 Å². The summed E-state index contributed by atoms with van der Waals surface area (Å²) in [6, 6.07) is 15.4. The molecule has 2 N–H and O–H groups in total. The summed E-state index contributed by atoms with van der Waals surface area (Å²) in [5.74, 6) is -0.364. The summed E-state index contributed by atoms with van der Waals surface area (Å²) in [4.78, 5) is 14.5. The van der Waals surface area contributed by atoms with E-state index in [-0.39, 0.29) is 23.9 Å². The average Bonchev–Trinajstić information content (AvgIpc) is 2.62. The van der Waals surface area contributed by atoms with E-state index in [4.69, 9.17) is 10.5 Å². The molecule has 1 saturated heterocycles. The lowest BCUT2D eigenvalue weighted by molar-refractivity contribution is -0.146. The summed E-state index contributed by atoms with van der Waals surface area (Å²) in [5, 5.41) is 0. The van der Waals surface area contributed by atoms with Gasteiger partial charge >= 0.3 is 0 Å². The van der Waals surface area contributed by atoms with Crippen molar-refractivity contribution in [3.05, 3.63) is 71.5 Å². The van der Waals surface area contributed by atoms with Crippen molar-refractivity contribution in [1.29, 1.82) is 0 Å². The van der Waals surface area contributed by atoms with Gasteiger partial charge in [-0.25, -0.2) is 4.39 Å². The van der Waals surface area contributed by atoms with Gasteiger partial charge in [0, 0.05) is 6.54 Å².